The van der Waals surface area contributed by atoms with Crippen LogP contribution in [0.2, 0.25) is 5.02 Å². The number of sulfonamides is 1. The van der Waals surface area contributed by atoms with Gasteiger partial charge in [-0.05, 0) is 43.2 Å². The van der Waals surface area contributed by atoms with Gasteiger partial charge in [0.15, 0.2) is 0 Å². The van der Waals surface area contributed by atoms with Crippen LogP contribution in [0.25, 0.3) is 5.69 Å². The number of piperazine rings is 1. The highest BCUT2D eigenvalue weighted by molar-refractivity contribution is 7.88. The zero-order valence-corrected chi connectivity index (χ0v) is 23.1. The minimum atomic E-state index is -3.73. The molecule has 12 heteroatoms. The van der Waals surface area contributed by atoms with Crippen molar-refractivity contribution in [1.82, 2.24) is 14.1 Å². The molecule has 2 aliphatic rings. The summed E-state index contributed by atoms with van der Waals surface area (Å²) in [6.45, 7) is 3.60. The molecule has 1 aliphatic carbocycles. The van der Waals surface area contributed by atoms with Crippen molar-refractivity contribution >= 4 is 33.0 Å². The van der Waals surface area contributed by atoms with Crippen LogP contribution < -0.4 is 20.9 Å². The van der Waals surface area contributed by atoms with E-state index >= 15 is 0 Å². The molecule has 1 saturated heterocycles. The SMILES string of the molecule is CC1(COc2c(N3CCN(S(=O)(=O)Cc4c(N)cccc4C#N)CC3)cnn(-c3cccc(Cl)c3)c2=O)CC1. The number of ether oxygens (including phenoxy) is 1. The average Bonchev–Trinajstić information content (AvgIpc) is 3.66. The lowest BCUT2D eigenvalue weighted by Crippen LogP contribution is -2.49. The summed E-state index contributed by atoms with van der Waals surface area (Å²) in [5, 5.41) is 14.3. The van der Waals surface area contributed by atoms with Crippen LogP contribution in [-0.4, -0.2) is 55.3 Å². The Bertz CT molecular complexity index is 1610. The van der Waals surface area contributed by atoms with Crippen LogP contribution in [0.3, 0.4) is 0 Å². The Labute approximate surface area is 232 Å². The minimum Gasteiger partial charge on any atom is -0.486 e. The molecule has 1 saturated carbocycles. The van der Waals surface area contributed by atoms with Gasteiger partial charge in [-0.3, -0.25) is 4.79 Å². The van der Waals surface area contributed by atoms with E-state index < -0.39 is 15.6 Å². The zero-order chi connectivity index (χ0) is 27.8. The van der Waals surface area contributed by atoms with Crippen molar-refractivity contribution in [1.29, 1.82) is 5.26 Å². The van der Waals surface area contributed by atoms with Crippen molar-refractivity contribution in [2.24, 2.45) is 5.41 Å². The van der Waals surface area contributed by atoms with Gasteiger partial charge >= 0.3 is 5.56 Å². The highest BCUT2D eigenvalue weighted by Gasteiger charge is 2.39. The monoisotopic (exact) mass is 568 g/mol. The zero-order valence-electron chi connectivity index (χ0n) is 21.5. The molecule has 2 aromatic carbocycles. The van der Waals surface area contributed by atoms with Gasteiger partial charge in [0.05, 0.1) is 35.9 Å². The first kappa shape index (κ1) is 27.0. The fraction of sp³-hybridized carbons (Fsp3) is 0.370. The summed E-state index contributed by atoms with van der Waals surface area (Å²) in [5.41, 5.74) is 7.50. The molecule has 2 N–H and O–H groups in total. The Morgan fingerprint density at radius 1 is 1.15 bits per heavy atom. The van der Waals surface area contributed by atoms with Crippen LogP contribution >= 0.6 is 11.6 Å². The number of aromatic nitrogens is 2. The van der Waals surface area contributed by atoms with Gasteiger partial charge in [0.2, 0.25) is 15.8 Å². The van der Waals surface area contributed by atoms with Crippen molar-refractivity contribution in [3.63, 3.8) is 0 Å². The number of nitriles is 1. The van der Waals surface area contributed by atoms with Crippen molar-refractivity contribution in [3.8, 4) is 17.5 Å². The van der Waals surface area contributed by atoms with Crippen molar-refractivity contribution in [2.75, 3.05) is 43.4 Å². The molecule has 10 nitrogen and oxygen atoms in total. The Morgan fingerprint density at radius 3 is 2.54 bits per heavy atom. The van der Waals surface area contributed by atoms with Crippen LogP contribution in [0.4, 0.5) is 11.4 Å². The molecule has 2 heterocycles. The largest absolute Gasteiger partial charge is 0.486 e. The maximum atomic E-state index is 13.6. The number of halogens is 1. The topological polar surface area (TPSA) is 135 Å². The molecule has 1 aliphatic heterocycles. The highest BCUT2D eigenvalue weighted by Crippen LogP contribution is 2.45. The van der Waals surface area contributed by atoms with Gasteiger partial charge in [0, 0.05) is 47.9 Å². The number of hydrogen-bond donors (Lipinski definition) is 1. The van der Waals surface area contributed by atoms with Crippen LogP contribution in [0.1, 0.15) is 30.9 Å². The van der Waals surface area contributed by atoms with Crippen molar-refractivity contribution in [3.05, 3.63) is 75.2 Å². The van der Waals surface area contributed by atoms with E-state index in [4.69, 9.17) is 22.1 Å². The smallest absolute Gasteiger partial charge is 0.316 e. The Balaban J connectivity index is 1.38. The minimum absolute atomic E-state index is 0.0439. The molecule has 0 unspecified atom stereocenters. The average molecular weight is 569 g/mol. The summed E-state index contributed by atoms with van der Waals surface area (Å²) in [4.78, 5) is 15.5. The molecule has 204 valence electrons. The standard InChI is InChI=1S/C27H29ClN6O4S/c1-27(8-9-27)18-38-25-24(16-31-34(26(25)35)21-6-3-5-20(28)14-21)32-10-12-33(13-11-32)39(36,37)17-22-19(15-29)4-2-7-23(22)30/h2-7,14,16H,8-13,17-18,30H2,1H3. The first-order chi connectivity index (χ1) is 18.6. The quantitative estimate of drug-likeness (QED) is 0.409. The molecule has 3 aromatic rings. The van der Waals surface area contributed by atoms with Crippen LogP contribution in [-0.2, 0) is 15.8 Å². The third kappa shape index (κ3) is 5.73. The maximum Gasteiger partial charge on any atom is 0.316 e. The predicted octanol–water partition coefficient (Wildman–Crippen LogP) is 3.17. The summed E-state index contributed by atoms with van der Waals surface area (Å²) in [7, 11) is -3.73. The lowest BCUT2D eigenvalue weighted by molar-refractivity contribution is 0.242. The third-order valence-electron chi connectivity index (χ3n) is 7.27. The van der Waals surface area contributed by atoms with Gasteiger partial charge < -0.3 is 15.4 Å². The van der Waals surface area contributed by atoms with E-state index in [1.165, 1.54) is 8.99 Å². The second-order valence-corrected chi connectivity index (χ2v) is 12.7. The molecule has 39 heavy (non-hydrogen) atoms. The fourth-order valence-corrected chi connectivity index (χ4v) is 6.31. The van der Waals surface area contributed by atoms with Crippen LogP contribution in [0, 0.1) is 16.7 Å². The van der Waals surface area contributed by atoms with E-state index in [2.05, 4.69) is 12.0 Å². The lowest BCUT2D eigenvalue weighted by atomic mass is 10.1. The maximum absolute atomic E-state index is 13.6. The third-order valence-corrected chi connectivity index (χ3v) is 9.31. The van der Waals surface area contributed by atoms with Gasteiger partial charge in [-0.2, -0.15) is 19.3 Å². The number of nitrogens with zero attached hydrogens (tertiary/aromatic N) is 5. The molecular formula is C27H29ClN6O4S. The van der Waals surface area contributed by atoms with Gasteiger partial charge in [0.25, 0.3) is 0 Å². The number of hydrogen-bond acceptors (Lipinski definition) is 8. The van der Waals surface area contributed by atoms with Crippen molar-refractivity contribution in [2.45, 2.75) is 25.5 Å². The van der Waals surface area contributed by atoms with E-state index in [9.17, 15) is 18.5 Å². The summed E-state index contributed by atoms with van der Waals surface area (Å²) in [6, 6.07) is 13.6. The van der Waals surface area contributed by atoms with Crippen LogP contribution in [0.5, 0.6) is 5.75 Å². The number of rotatable bonds is 8. The number of benzene rings is 2. The van der Waals surface area contributed by atoms with Crippen LogP contribution in [0.15, 0.2) is 53.5 Å². The van der Waals surface area contributed by atoms with E-state index in [-0.39, 0.29) is 41.3 Å². The summed E-state index contributed by atoms with van der Waals surface area (Å²) < 4.78 is 35.2. The second-order valence-electron chi connectivity index (χ2n) is 10.3. The first-order valence-corrected chi connectivity index (χ1v) is 14.6. The molecule has 2 fully saturated rings. The summed E-state index contributed by atoms with van der Waals surface area (Å²) >= 11 is 6.14. The van der Waals surface area contributed by atoms with Crippen molar-refractivity contribution < 1.29 is 13.2 Å². The Kier molecular flexibility index (Phi) is 7.29. The number of nitrogen functional groups attached to an aromatic ring is 1. The molecule has 0 atom stereocenters. The Hall–Kier alpha value is -3.59. The molecule has 1 aromatic heterocycles. The molecule has 0 amide bonds. The van der Waals surface area contributed by atoms with E-state index in [0.717, 1.165) is 12.8 Å². The van der Waals surface area contributed by atoms with Gasteiger partial charge in [-0.1, -0.05) is 30.7 Å². The number of nitrogens with two attached hydrogens (primary N) is 1. The molecule has 5 rings (SSSR count). The van der Waals surface area contributed by atoms with E-state index in [0.29, 0.717) is 41.7 Å². The van der Waals surface area contributed by atoms with Gasteiger partial charge in [-0.15, -0.1) is 0 Å². The predicted molar refractivity (Wildman–Crippen MR) is 150 cm³/mol. The first-order valence-electron chi connectivity index (χ1n) is 12.6. The molecule has 0 spiro atoms. The normalized spacial score (nSPS) is 17.0. The van der Waals surface area contributed by atoms with Gasteiger partial charge in [-0.25, -0.2) is 8.42 Å². The molecule has 0 bridgehead atoms. The Morgan fingerprint density at radius 2 is 1.87 bits per heavy atom. The van der Waals surface area contributed by atoms with E-state index in [1.807, 2.05) is 11.0 Å². The molecule has 0 radical (unpaired) electrons. The highest BCUT2D eigenvalue weighted by atomic mass is 35.5. The summed E-state index contributed by atoms with van der Waals surface area (Å²) in [5.74, 6) is -0.169. The summed E-state index contributed by atoms with van der Waals surface area (Å²) in [6.07, 6.45) is 3.65. The fourth-order valence-electron chi connectivity index (χ4n) is 4.54. The number of anilines is 2. The van der Waals surface area contributed by atoms with Gasteiger partial charge in [0.1, 0.15) is 5.69 Å². The van der Waals surface area contributed by atoms with E-state index in [1.54, 1.807) is 48.7 Å². The lowest BCUT2D eigenvalue weighted by Gasteiger charge is -2.36. The molecular weight excluding hydrogens is 540 g/mol. The second kappa shape index (κ2) is 10.5.